The number of anilines is 1. The minimum absolute atomic E-state index is 0.0582. The van der Waals surface area contributed by atoms with Gasteiger partial charge in [0.15, 0.2) is 0 Å². The van der Waals surface area contributed by atoms with Crippen molar-refractivity contribution in [3.05, 3.63) is 23.3 Å². The van der Waals surface area contributed by atoms with Gasteiger partial charge < -0.3 is 15.4 Å². The van der Waals surface area contributed by atoms with Crippen LogP contribution in [0.15, 0.2) is 12.1 Å². The van der Waals surface area contributed by atoms with Crippen molar-refractivity contribution in [2.45, 2.75) is 32.6 Å². The number of hydrogen-bond acceptors (Lipinski definition) is 3. The fourth-order valence-corrected chi connectivity index (χ4v) is 2.95. The Morgan fingerprint density at radius 3 is 2.84 bits per heavy atom. The van der Waals surface area contributed by atoms with Gasteiger partial charge in [-0.15, -0.1) is 0 Å². The highest BCUT2D eigenvalue weighted by Gasteiger charge is 2.28. The zero-order chi connectivity index (χ0) is 14.0. The van der Waals surface area contributed by atoms with E-state index in [0.29, 0.717) is 12.5 Å². The predicted octanol–water partition coefficient (Wildman–Crippen LogP) is 2.19. The van der Waals surface area contributed by atoms with E-state index in [4.69, 9.17) is 10.5 Å². The number of fused-ring (bicyclic) bond motifs is 1. The van der Waals surface area contributed by atoms with Crippen LogP contribution < -0.4 is 15.4 Å². The number of methoxy groups -OCH3 is 1. The molecule has 1 heterocycles. The highest BCUT2D eigenvalue weighted by molar-refractivity contribution is 5.94. The Labute approximate surface area is 114 Å². The number of hydrogen-bond donors (Lipinski definition) is 1. The lowest BCUT2D eigenvalue weighted by Crippen LogP contribution is -2.30. The van der Waals surface area contributed by atoms with Gasteiger partial charge in [0.25, 0.3) is 0 Å². The highest BCUT2D eigenvalue weighted by atomic mass is 16.5. The lowest BCUT2D eigenvalue weighted by molar-refractivity contribution is -0.116. The second-order valence-electron chi connectivity index (χ2n) is 5.09. The molecule has 2 rings (SSSR count). The van der Waals surface area contributed by atoms with E-state index in [2.05, 4.69) is 6.92 Å². The molecule has 0 aromatic heterocycles. The third kappa shape index (κ3) is 2.45. The third-order valence-corrected chi connectivity index (χ3v) is 3.90. The molecule has 1 aliphatic rings. The Bertz CT molecular complexity index is 485. The lowest BCUT2D eigenvalue weighted by Gasteiger charge is -2.26. The summed E-state index contributed by atoms with van der Waals surface area (Å²) in [6, 6.07) is 3.98. The molecule has 19 heavy (non-hydrogen) atoms. The van der Waals surface area contributed by atoms with E-state index >= 15 is 0 Å². The number of carbonyl (C=O) groups excluding carboxylic acids is 1. The summed E-state index contributed by atoms with van der Waals surface area (Å²) in [5.41, 5.74) is 9.20. The van der Waals surface area contributed by atoms with Crippen LogP contribution in [0.3, 0.4) is 0 Å². The molecule has 0 fully saturated rings. The molecular formula is C15H22N2O2. The van der Waals surface area contributed by atoms with Gasteiger partial charge >= 0.3 is 0 Å². The van der Waals surface area contributed by atoms with Gasteiger partial charge in [-0.05, 0) is 49.4 Å². The average Bonchev–Trinajstić information content (AvgIpc) is 2.59. The number of rotatable bonds is 2. The molecule has 0 aliphatic carbocycles. The van der Waals surface area contributed by atoms with E-state index in [1.54, 1.807) is 14.0 Å². The van der Waals surface area contributed by atoms with Crippen molar-refractivity contribution in [1.29, 1.82) is 0 Å². The van der Waals surface area contributed by atoms with E-state index in [9.17, 15) is 4.79 Å². The van der Waals surface area contributed by atoms with Crippen LogP contribution in [0.4, 0.5) is 5.69 Å². The number of carbonyl (C=O) groups is 1. The van der Waals surface area contributed by atoms with E-state index in [1.165, 1.54) is 11.1 Å². The molecule has 1 atom stereocenters. The molecule has 0 saturated heterocycles. The van der Waals surface area contributed by atoms with E-state index in [1.807, 2.05) is 17.0 Å². The van der Waals surface area contributed by atoms with Crippen molar-refractivity contribution in [1.82, 2.24) is 0 Å². The lowest BCUT2D eigenvalue weighted by atomic mass is 9.90. The van der Waals surface area contributed by atoms with Crippen LogP contribution in [-0.2, 0) is 4.79 Å². The van der Waals surface area contributed by atoms with Crippen LogP contribution in [0.1, 0.15) is 36.8 Å². The molecule has 1 amide bonds. The number of amides is 1. The maximum absolute atomic E-state index is 11.9. The number of nitrogens with two attached hydrogens (primary N) is 1. The maximum atomic E-state index is 11.9. The van der Waals surface area contributed by atoms with Crippen LogP contribution in [0.5, 0.6) is 5.75 Å². The molecule has 1 unspecified atom stereocenters. The summed E-state index contributed by atoms with van der Waals surface area (Å²) in [6.07, 6.45) is 1.99. The first-order valence-corrected chi connectivity index (χ1v) is 6.75. The number of benzene rings is 1. The summed E-state index contributed by atoms with van der Waals surface area (Å²) in [7, 11) is 1.64. The maximum Gasteiger partial charge on any atom is 0.223 e. The number of ether oxygens (including phenoxy) is 1. The molecule has 1 aromatic rings. The molecule has 1 aliphatic heterocycles. The van der Waals surface area contributed by atoms with Crippen molar-refractivity contribution >= 4 is 11.6 Å². The summed E-state index contributed by atoms with van der Waals surface area (Å²) < 4.78 is 5.46. The van der Waals surface area contributed by atoms with Crippen molar-refractivity contribution < 1.29 is 9.53 Å². The van der Waals surface area contributed by atoms with Gasteiger partial charge in [0.1, 0.15) is 5.75 Å². The average molecular weight is 262 g/mol. The molecule has 0 saturated carbocycles. The molecule has 2 N–H and O–H groups in total. The predicted molar refractivity (Wildman–Crippen MR) is 76.8 cm³/mol. The number of nitrogens with zero attached hydrogens (tertiary/aromatic N) is 1. The summed E-state index contributed by atoms with van der Waals surface area (Å²) in [6.45, 7) is 5.02. The first-order chi connectivity index (χ1) is 9.10. The van der Waals surface area contributed by atoms with Crippen LogP contribution in [0, 0.1) is 6.92 Å². The normalized spacial score (nSPS) is 18.7. The minimum atomic E-state index is 0.0582. The van der Waals surface area contributed by atoms with E-state index < -0.39 is 0 Å². The number of aryl methyl sites for hydroxylation is 1. The first kappa shape index (κ1) is 13.9. The van der Waals surface area contributed by atoms with Gasteiger partial charge in [-0.1, -0.05) is 6.07 Å². The largest absolute Gasteiger partial charge is 0.495 e. The van der Waals surface area contributed by atoms with Crippen molar-refractivity contribution in [3.8, 4) is 5.75 Å². The monoisotopic (exact) mass is 262 g/mol. The van der Waals surface area contributed by atoms with Crippen molar-refractivity contribution in [2.75, 3.05) is 25.1 Å². The Balaban J connectivity index is 2.67. The Morgan fingerprint density at radius 1 is 1.53 bits per heavy atom. The second kappa shape index (κ2) is 5.61. The minimum Gasteiger partial charge on any atom is -0.495 e. The molecule has 0 spiro atoms. The van der Waals surface area contributed by atoms with Crippen LogP contribution in [0.25, 0.3) is 0 Å². The van der Waals surface area contributed by atoms with Gasteiger partial charge in [-0.2, -0.15) is 0 Å². The van der Waals surface area contributed by atoms with Gasteiger partial charge in [0.05, 0.1) is 12.8 Å². The van der Waals surface area contributed by atoms with Gasteiger partial charge in [-0.3, -0.25) is 4.79 Å². The standard InChI is InChI=1S/C15H22N2O2/c1-10-6-7-13(19-3)15-14(10)12(9-16)5-4-8-17(15)11(2)18/h6-7,12H,4-5,8-9,16H2,1-3H3. The summed E-state index contributed by atoms with van der Waals surface area (Å²) >= 11 is 0. The molecule has 0 radical (unpaired) electrons. The Hall–Kier alpha value is -1.55. The summed E-state index contributed by atoms with van der Waals surface area (Å²) in [5.74, 6) is 1.12. The Kier molecular flexibility index (Phi) is 4.10. The SMILES string of the molecule is COc1ccc(C)c2c1N(C(C)=O)CCCC2CN. The summed E-state index contributed by atoms with van der Waals surface area (Å²) in [4.78, 5) is 13.8. The molecular weight excluding hydrogens is 240 g/mol. The zero-order valence-electron chi connectivity index (χ0n) is 11.9. The van der Waals surface area contributed by atoms with Crippen molar-refractivity contribution in [2.24, 2.45) is 5.73 Å². The zero-order valence-corrected chi connectivity index (χ0v) is 11.9. The molecule has 1 aromatic carbocycles. The smallest absolute Gasteiger partial charge is 0.223 e. The topological polar surface area (TPSA) is 55.6 Å². The molecule has 0 bridgehead atoms. The van der Waals surface area contributed by atoms with E-state index in [-0.39, 0.29) is 5.91 Å². The highest BCUT2D eigenvalue weighted by Crippen LogP contribution is 2.42. The third-order valence-electron chi connectivity index (χ3n) is 3.90. The fourth-order valence-electron chi connectivity index (χ4n) is 2.95. The quantitative estimate of drug-likeness (QED) is 0.889. The van der Waals surface area contributed by atoms with Gasteiger partial charge in [-0.25, -0.2) is 0 Å². The van der Waals surface area contributed by atoms with Crippen LogP contribution >= 0.6 is 0 Å². The Morgan fingerprint density at radius 2 is 2.26 bits per heavy atom. The van der Waals surface area contributed by atoms with Crippen LogP contribution in [-0.4, -0.2) is 26.1 Å². The van der Waals surface area contributed by atoms with Crippen molar-refractivity contribution in [3.63, 3.8) is 0 Å². The molecule has 104 valence electrons. The molecule has 4 nitrogen and oxygen atoms in total. The summed E-state index contributed by atoms with van der Waals surface area (Å²) in [5, 5.41) is 0. The van der Waals surface area contributed by atoms with Gasteiger partial charge in [0.2, 0.25) is 5.91 Å². The first-order valence-electron chi connectivity index (χ1n) is 6.75. The fraction of sp³-hybridized carbons (Fsp3) is 0.533. The van der Waals surface area contributed by atoms with Gasteiger partial charge in [0, 0.05) is 13.5 Å². The van der Waals surface area contributed by atoms with Crippen LogP contribution in [0.2, 0.25) is 0 Å². The van der Waals surface area contributed by atoms with E-state index in [0.717, 1.165) is 30.8 Å². The molecule has 4 heteroatoms. The second-order valence-corrected chi connectivity index (χ2v) is 5.09.